The molecule has 5 nitrogen and oxygen atoms in total. The molecule has 122 valence electrons. The first-order valence-electron chi connectivity index (χ1n) is 7.54. The van der Waals surface area contributed by atoms with Gasteiger partial charge in [0.25, 0.3) is 5.24 Å². The second-order valence-corrected chi connectivity index (χ2v) is 6.55. The molecule has 6 heteroatoms. The monoisotopic (exact) mass is 340 g/mol. The summed E-state index contributed by atoms with van der Waals surface area (Å²) in [4.78, 5) is 37.8. The van der Waals surface area contributed by atoms with Gasteiger partial charge in [0.15, 0.2) is 0 Å². The van der Waals surface area contributed by atoms with Gasteiger partial charge < -0.3 is 5.32 Å². The molecule has 1 aliphatic heterocycles. The van der Waals surface area contributed by atoms with E-state index in [1.165, 1.54) is 4.90 Å². The molecule has 2 aromatic rings. The Morgan fingerprint density at radius 2 is 1.62 bits per heavy atom. The van der Waals surface area contributed by atoms with Gasteiger partial charge in [-0.15, -0.1) is 0 Å². The second-order valence-electron chi connectivity index (χ2n) is 5.40. The van der Waals surface area contributed by atoms with E-state index in [1.807, 2.05) is 48.5 Å². The molecule has 0 aromatic heterocycles. The van der Waals surface area contributed by atoms with Gasteiger partial charge in [0.1, 0.15) is 5.25 Å². The first-order chi connectivity index (χ1) is 11.6. The van der Waals surface area contributed by atoms with Crippen molar-refractivity contribution in [1.82, 2.24) is 4.90 Å². The number of rotatable bonds is 5. The van der Waals surface area contributed by atoms with Crippen molar-refractivity contribution < 1.29 is 14.4 Å². The summed E-state index contributed by atoms with van der Waals surface area (Å²) in [6, 6.07) is 18.3. The van der Waals surface area contributed by atoms with E-state index in [2.05, 4.69) is 5.32 Å². The molecular weight excluding hydrogens is 324 g/mol. The molecule has 24 heavy (non-hydrogen) atoms. The molecule has 1 heterocycles. The van der Waals surface area contributed by atoms with Crippen LogP contribution in [0.25, 0.3) is 0 Å². The average Bonchev–Trinajstić information content (AvgIpc) is 2.84. The minimum Gasteiger partial charge on any atom is -0.326 e. The first-order valence-corrected chi connectivity index (χ1v) is 8.42. The fraction of sp³-hybridized carbons (Fsp3) is 0.167. The third-order valence-corrected chi connectivity index (χ3v) is 4.69. The standard InChI is InChI=1S/C18H16N2O3S/c21-16(19-14-9-5-2-6-10-14)11-15-17(22)20(18(23)24-15)12-13-7-3-1-4-8-13/h1-10,15H,11-12H2,(H,19,21)/t15-/m1/s1. The molecule has 2 aromatic carbocycles. The maximum absolute atomic E-state index is 12.4. The normalized spacial score (nSPS) is 17.2. The molecule has 1 saturated heterocycles. The highest BCUT2D eigenvalue weighted by Gasteiger charge is 2.40. The van der Waals surface area contributed by atoms with Gasteiger partial charge >= 0.3 is 0 Å². The molecule has 3 rings (SSSR count). The van der Waals surface area contributed by atoms with Crippen LogP contribution < -0.4 is 5.32 Å². The number of carbonyl (C=O) groups is 3. The molecule has 3 amide bonds. The second kappa shape index (κ2) is 7.31. The molecule has 1 N–H and O–H groups in total. The van der Waals surface area contributed by atoms with Crippen molar-refractivity contribution in [3.8, 4) is 0 Å². The van der Waals surface area contributed by atoms with Crippen LogP contribution >= 0.6 is 11.8 Å². The Kier molecular flexibility index (Phi) is 4.96. The number of imide groups is 1. The lowest BCUT2D eigenvalue weighted by Crippen LogP contribution is -2.32. The molecule has 1 aliphatic rings. The van der Waals surface area contributed by atoms with Crippen LogP contribution in [0.2, 0.25) is 0 Å². The summed E-state index contributed by atoms with van der Waals surface area (Å²) < 4.78 is 0. The molecule has 0 saturated carbocycles. The molecular formula is C18H16N2O3S. The van der Waals surface area contributed by atoms with E-state index < -0.39 is 5.25 Å². The van der Waals surface area contributed by atoms with Gasteiger partial charge in [0.2, 0.25) is 11.8 Å². The number of hydrogen-bond donors (Lipinski definition) is 1. The molecule has 1 atom stereocenters. The van der Waals surface area contributed by atoms with Gasteiger partial charge in [0, 0.05) is 12.1 Å². The van der Waals surface area contributed by atoms with Crippen molar-refractivity contribution in [3.05, 3.63) is 66.2 Å². The van der Waals surface area contributed by atoms with Gasteiger partial charge in [-0.05, 0) is 17.7 Å². The maximum atomic E-state index is 12.4. The highest BCUT2D eigenvalue weighted by molar-refractivity contribution is 8.15. The number of hydrogen-bond acceptors (Lipinski definition) is 4. The average molecular weight is 340 g/mol. The van der Waals surface area contributed by atoms with Crippen molar-refractivity contribution in [3.63, 3.8) is 0 Å². The third kappa shape index (κ3) is 3.83. The van der Waals surface area contributed by atoms with E-state index in [4.69, 9.17) is 0 Å². The van der Waals surface area contributed by atoms with Crippen molar-refractivity contribution in [2.24, 2.45) is 0 Å². The smallest absolute Gasteiger partial charge is 0.289 e. The number of carbonyl (C=O) groups excluding carboxylic acids is 3. The quantitative estimate of drug-likeness (QED) is 0.907. The molecule has 0 aliphatic carbocycles. The molecule has 1 fully saturated rings. The summed E-state index contributed by atoms with van der Waals surface area (Å²) in [6.07, 6.45) is -0.0184. The Hall–Kier alpha value is -2.60. The summed E-state index contributed by atoms with van der Waals surface area (Å²) in [6.45, 7) is 0.238. The Morgan fingerprint density at radius 3 is 2.29 bits per heavy atom. The SMILES string of the molecule is O=C(C[C@H]1SC(=O)N(Cc2ccccc2)C1=O)Nc1ccccc1. The lowest BCUT2D eigenvalue weighted by Gasteiger charge is -2.13. The number of nitrogens with zero attached hydrogens (tertiary/aromatic N) is 1. The number of amides is 3. The van der Waals surface area contributed by atoms with Crippen LogP contribution in [0.4, 0.5) is 10.5 Å². The van der Waals surface area contributed by atoms with Crippen LogP contribution in [0, 0.1) is 0 Å². The Labute approximate surface area is 144 Å². The van der Waals surface area contributed by atoms with Gasteiger partial charge in [0.05, 0.1) is 6.54 Å². The van der Waals surface area contributed by atoms with E-state index in [-0.39, 0.29) is 30.0 Å². The molecule has 0 bridgehead atoms. The lowest BCUT2D eigenvalue weighted by molar-refractivity contribution is -0.129. The zero-order chi connectivity index (χ0) is 16.9. The van der Waals surface area contributed by atoms with Gasteiger partial charge in [-0.25, -0.2) is 0 Å². The van der Waals surface area contributed by atoms with Gasteiger partial charge in [-0.2, -0.15) is 0 Å². The summed E-state index contributed by atoms with van der Waals surface area (Å²) in [5, 5.41) is 1.77. The van der Waals surface area contributed by atoms with Gasteiger partial charge in [-0.3, -0.25) is 19.3 Å². The Morgan fingerprint density at radius 1 is 1.00 bits per heavy atom. The summed E-state index contributed by atoms with van der Waals surface area (Å²) in [5.41, 5.74) is 1.56. The summed E-state index contributed by atoms with van der Waals surface area (Å²) in [5.74, 6) is -0.585. The third-order valence-electron chi connectivity index (χ3n) is 3.62. The van der Waals surface area contributed by atoms with Gasteiger partial charge in [-0.1, -0.05) is 60.3 Å². The highest BCUT2D eigenvalue weighted by Crippen LogP contribution is 2.30. The fourth-order valence-corrected chi connectivity index (χ4v) is 3.43. The van der Waals surface area contributed by atoms with Crippen LogP contribution in [0.15, 0.2) is 60.7 Å². The number of anilines is 1. The number of para-hydroxylation sites is 1. The van der Waals surface area contributed by atoms with E-state index in [0.29, 0.717) is 5.69 Å². The van der Waals surface area contributed by atoms with Crippen molar-refractivity contribution >= 4 is 34.5 Å². The van der Waals surface area contributed by atoms with Crippen molar-refractivity contribution in [2.45, 2.75) is 18.2 Å². The first kappa shape index (κ1) is 16.3. The van der Waals surface area contributed by atoms with E-state index in [1.54, 1.807) is 12.1 Å². The number of nitrogens with one attached hydrogen (secondary N) is 1. The number of benzene rings is 2. The molecule has 0 unspecified atom stereocenters. The minimum atomic E-state index is -0.662. The topological polar surface area (TPSA) is 66.5 Å². The van der Waals surface area contributed by atoms with Crippen LogP contribution in [-0.2, 0) is 16.1 Å². The van der Waals surface area contributed by atoms with Crippen LogP contribution in [0.1, 0.15) is 12.0 Å². The van der Waals surface area contributed by atoms with Crippen molar-refractivity contribution in [2.75, 3.05) is 5.32 Å². The molecule has 0 spiro atoms. The van der Waals surface area contributed by atoms with Crippen LogP contribution in [0.3, 0.4) is 0 Å². The van der Waals surface area contributed by atoms with E-state index >= 15 is 0 Å². The zero-order valence-electron chi connectivity index (χ0n) is 12.8. The van der Waals surface area contributed by atoms with E-state index in [9.17, 15) is 14.4 Å². The predicted molar refractivity (Wildman–Crippen MR) is 93.5 cm³/mol. The largest absolute Gasteiger partial charge is 0.326 e. The Bertz CT molecular complexity index is 749. The number of thioether (sulfide) groups is 1. The minimum absolute atomic E-state index is 0.0184. The summed E-state index contributed by atoms with van der Waals surface area (Å²) >= 11 is 0.917. The predicted octanol–water partition coefficient (Wildman–Crippen LogP) is 3.28. The molecule has 0 radical (unpaired) electrons. The lowest BCUT2D eigenvalue weighted by atomic mass is 10.2. The van der Waals surface area contributed by atoms with Crippen molar-refractivity contribution in [1.29, 1.82) is 0 Å². The zero-order valence-corrected chi connectivity index (χ0v) is 13.7. The van der Waals surface area contributed by atoms with E-state index in [0.717, 1.165) is 17.3 Å². The van der Waals surface area contributed by atoms with Crippen LogP contribution in [-0.4, -0.2) is 27.2 Å². The highest BCUT2D eigenvalue weighted by atomic mass is 32.2. The Balaban J connectivity index is 1.60. The van der Waals surface area contributed by atoms with Crippen LogP contribution in [0.5, 0.6) is 0 Å². The summed E-state index contributed by atoms with van der Waals surface area (Å²) in [7, 11) is 0. The maximum Gasteiger partial charge on any atom is 0.289 e. The fourth-order valence-electron chi connectivity index (χ4n) is 2.44.